The van der Waals surface area contributed by atoms with Gasteiger partial charge in [-0.1, -0.05) is 12.8 Å². The Labute approximate surface area is 99.1 Å². The highest BCUT2D eigenvalue weighted by Crippen LogP contribution is 2.33. The van der Waals surface area contributed by atoms with Crippen molar-refractivity contribution in [1.29, 1.82) is 0 Å². The van der Waals surface area contributed by atoms with Crippen molar-refractivity contribution in [2.45, 2.75) is 39.0 Å². The third-order valence-electron chi connectivity index (χ3n) is 2.98. The van der Waals surface area contributed by atoms with Crippen LogP contribution < -0.4 is 10.2 Å². The van der Waals surface area contributed by atoms with Gasteiger partial charge in [-0.05, 0) is 36.8 Å². The van der Waals surface area contributed by atoms with E-state index in [1.54, 1.807) is 0 Å². The second-order valence-corrected chi connectivity index (χ2v) is 4.33. The highest BCUT2D eigenvalue weighted by molar-refractivity contribution is 6.01. The van der Waals surface area contributed by atoms with Crippen molar-refractivity contribution in [1.82, 2.24) is 0 Å². The first-order valence-electron chi connectivity index (χ1n) is 5.58. The Morgan fingerprint density at radius 1 is 1.06 bits per heavy atom. The summed E-state index contributed by atoms with van der Waals surface area (Å²) in [5, 5.41) is 22.0. The van der Waals surface area contributed by atoms with E-state index in [9.17, 15) is 24.6 Å². The molecule has 5 nitrogen and oxygen atoms in total. The molecule has 0 aromatic rings. The van der Waals surface area contributed by atoms with Gasteiger partial charge in [0.05, 0.1) is 11.9 Å². The van der Waals surface area contributed by atoms with Gasteiger partial charge >= 0.3 is 0 Å². The fraction of sp³-hybridized carbons (Fsp3) is 0.583. The first-order chi connectivity index (χ1) is 7.93. The number of hydrogen-bond acceptors (Lipinski definition) is 5. The predicted molar refractivity (Wildman–Crippen MR) is 54.3 cm³/mol. The zero-order chi connectivity index (χ0) is 13.0. The van der Waals surface area contributed by atoms with Gasteiger partial charge in [-0.2, -0.15) is 0 Å². The van der Waals surface area contributed by atoms with Gasteiger partial charge in [0.25, 0.3) is 0 Å². The van der Waals surface area contributed by atoms with Crippen LogP contribution >= 0.6 is 0 Å². The number of rotatable bonds is 5. The van der Waals surface area contributed by atoms with Gasteiger partial charge < -0.3 is 19.8 Å². The average molecular weight is 238 g/mol. The number of carboxylic acids is 2. The second kappa shape index (κ2) is 5.61. The topological polar surface area (TPSA) is 97.3 Å². The molecule has 1 saturated carbocycles. The molecule has 0 aromatic heterocycles. The van der Waals surface area contributed by atoms with Crippen LogP contribution in [-0.4, -0.2) is 17.7 Å². The van der Waals surface area contributed by atoms with E-state index < -0.39 is 29.7 Å². The maximum atomic E-state index is 11.0. The lowest BCUT2D eigenvalue weighted by molar-refractivity contribution is -0.304. The summed E-state index contributed by atoms with van der Waals surface area (Å²) in [6.45, 7) is 1.21. The van der Waals surface area contributed by atoms with Crippen LogP contribution in [-0.2, 0) is 14.4 Å². The van der Waals surface area contributed by atoms with Crippen LogP contribution in [0.15, 0.2) is 11.1 Å². The standard InChI is InChI=1S/C12H16O5/c1-7(13)6-9(11(14)15)10(12(16)17)8-4-2-3-5-8/h8H,2-6H2,1H3,(H,14,15)(H,16,17)/p-2/b10-9+. The van der Waals surface area contributed by atoms with Gasteiger partial charge in [-0.15, -0.1) is 0 Å². The molecule has 17 heavy (non-hydrogen) atoms. The molecule has 1 aliphatic carbocycles. The number of carbonyl (C=O) groups excluding carboxylic acids is 3. The first-order valence-corrected chi connectivity index (χ1v) is 5.58. The summed E-state index contributed by atoms with van der Waals surface area (Å²) in [4.78, 5) is 32.9. The molecule has 0 aliphatic heterocycles. The molecule has 1 aliphatic rings. The number of hydrogen-bond donors (Lipinski definition) is 0. The van der Waals surface area contributed by atoms with Crippen molar-refractivity contribution in [2.75, 3.05) is 0 Å². The molecule has 0 amide bonds. The molecule has 1 rings (SSSR count). The van der Waals surface area contributed by atoms with Crippen LogP contribution in [0, 0.1) is 5.92 Å². The Kier molecular flexibility index (Phi) is 4.43. The van der Waals surface area contributed by atoms with Gasteiger partial charge in [0.15, 0.2) is 0 Å². The van der Waals surface area contributed by atoms with Crippen molar-refractivity contribution < 1.29 is 24.6 Å². The molecule has 0 saturated heterocycles. The minimum atomic E-state index is -1.59. The highest BCUT2D eigenvalue weighted by Gasteiger charge is 2.24. The zero-order valence-electron chi connectivity index (χ0n) is 9.65. The fourth-order valence-corrected chi connectivity index (χ4v) is 2.28. The summed E-state index contributed by atoms with van der Waals surface area (Å²) in [5.41, 5.74) is -0.679. The number of ketones is 1. The van der Waals surface area contributed by atoms with Crippen molar-refractivity contribution in [3.05, 3.63) is 11.1 Å². The van der Waals surface area contributed by atoms with Crippen LogP contribution in [0.2, 0.25) is 0 Å². The van der Waals surface area contributed by atoms with Gasteiger partial charge in [-0.3, -0.25) is 4.79 Å². The molecule has 0 spiro atoms. The number of carboxylic acid groups (broad SMARTS) is 2. The van der Waals surface area contributed by atoms with Crippen LogP contribution in [0.25, 0.3) is 0 Å². The third kappa shape index (κ3) is 3.41. The Morgan fingerprint density at radius 2 is 1.59 bits per heavy atom. The van der Waals surface area contributed by atoms with E-state index in [0.717, 1.165) is 12.8 Å². The van der Waals surface area contributed by atoms with E-state index in [0.29, 0.717) is 12.8 Å². The molecule has 5 heteroatoms. The molecule has 0 radical (unpaired) electrons. The molecule has 0 aromatic carbocycles. The van der Waals surface area contributed by atoms with Crippen LogP contribution in [0.3, 0.4) is 0 Å². The van der Waals surface area contributed by atoms with Crippen LogP contribution in [0.5, 0.6) is 0 Å². The lowest BCUT2D eigenvalue weighted by atomic mass is 9.90. The smallest absolute Gasteiger partial charge is 0.134 e. The maximum Gasteiger partial charge on any atom is 0.134 e. The lowest BCUT2D eigenvalue weighted by Crippen LogP contribution is -2.34. The number of Topliss-reactive ketones (excluding diaryl/α,β-unsaturated/α-hetero) is 1. The van der Waals surface area contributed by atoms with E-state index >= 15 is 0 Å². The molecule has 0 unspecified atom stereocenters. The molecule has 0 heterocycles. The SMILES string of the molecule is CC(=O)C/C(C(=O)[O-])=C(\C(=O)[O-])C1CCCC1. The zero-order valence-corrected chi connectivity index (χ0v) is 9.65. The number of aliphatic carboxylic acids is 2. The molecular weight excluding hydrogens is 224 g/mol. The summed E-state index contributed by atoms with van der Waals surface area (Å²) in [6.07, 6.45) is 2.56. The quantitative estimate of drug-likeness (QED) is 0.569. The highest BCUT2D eigenvalue weighted by atomic mass is 16.4. The summed E-state index contributed by atoms with van der Waals surface area (Å²) < 4.78 is 0. The Morgan fingerprint density at radius 3 is 1.94 bits per heavy atom. The maximum absolute atomic E-state index is 11.0. The minimum Gasteiger partial charge on any atom is -0.545 e. The van der Waals surface area contributed by atoms with E-state index in [1.807, 2.05) is 0 Å². The van der Waals surface area contributed by atoms with Crippen LogP contribution in [0.4, 0.5) is 0 Å². The molecule has 0 bridgehead atoms. The molecule has 0 atom stereocenters. The van der Waals surface area contributed by atoms with E-state index in [4.69, 9.17) is 0 Å². The van der Waals surface area contributed by atoms with Crippen molar-refractivity contribution in [3.63, 3.8) is 0 Å². The van der Waals surface area contributed by atoms with Gasteiger partial charge in [0.2, 0.25) is 0 Å². The van der Waals surface area contributed by atoms with E-state index in [2.05, 4.69) is 0 Å². The van der Waals surface area contributed by atoms with Crippen LogP contribution in [0.1, 0.15) is 39.0 Å². The van der Waals surface area contributed by atoms with Crippen molar-refractivity contribution in [2.24, 2.45) is 5.92 Å². The Hall–Kier alpha value is -1.65. The first kappa shape index (κ1) is 13.4. The largest absolute Gasteiger partial charge is 0.545 e. The van der Waals surface area contributed by atoms with E-state index in [1.165, 1.54) is 6.92 Å². The third-order valence-corrected chi connectivity index (χ3v) is 2.98. The predicted octanol–water partition coefficient (Wildman–Crippen LogP) is -1.05. The summed E-state index contributed by atoms with van der Waals surface area (Å²) in [6, 6.07) is 0. The fourth-order valence-electron chi connectivity index (χ4n) is 2.28. The Balaban J connectivity index is 3.15. The van der Waals surface area contributed by atoms with Crippen molar-refractivity contribution in [3.8, 4) is 0 Å². The average Bonchev–Trinajstić information content (AvgIpc) is 2.68. The molecular formula is C12H14O5-2. The summed E-state index contributed by atoms with van der Waals surface area (Å²) in [5.74, 6) is -3.82. The second-order valence-electron chi connectivity index (χ2n) is 4.33. The van der Waals surface area contributed by atoms with E-state index in [-0.39, 0.29) is 11.5 Å². The summed E-state index contributed by atoms with van der Waals surface area (Å²) >= 11 is 0. The molecule has 94 valence electrons. The van der Waals surface area contributed by atoms with Gasteiger partial charge in [0.1, 0.15) is 5.78 Å². The minimum absolute atomic E-state index is 0.252. The summed E-state index contributed by atoms with van der Waals surface area (Å²) in [7, 11) is 0. The van der Waals surface area contributed by atoms with Gasteiger partial charge in [-0.25, -0.2) is 0 Å². The van der Waals surface area contributed by atoms with Gasteiger partial charge in [0, 0.05) is 6.42 Å². The Bertz CT molecular complexity index is 374. The molecule has 0 N–H and O–H groups in total. The lowest BCUT2D eigenvalue weighted by Gasteiger charge is -2.21. The normalized spacial score (nSPS) is 17.7. The molecule has 1 fully saturated rings. The monoisotopic (exact) mass is 238 g/mol. The van der Waals surface area contributed by atoms with Crippen molar-refractivity contribution >= 4 is 17.7 Å². The number of carbonyl (C=O) groups is 3.